The molecule has 0 spiro atoms. The van der Waals surface area contributed by atoms with Gasteiger partial charge in [0.25, 0.3) is 0 Å². The van der Waals surface area contributed by atoms with Crippen molar-refractivity contribution in [2.45, 2.75) is 25.1 Å². The molecule has 0 amide bonds. The van der Waals surface area contributed by atoms with Crippen molar-refractivity contribution >= 4 is 27.5 Å². The van der Waals surface area contributed by atoms with Crippen LogP contribution in [0.5, 0.6) is 5.75 Å². The third kappa shape index (κ3) is 3.14. The quantitative estimate of drug-likeness (QED) is 0.761. The fraction of sp³-hybridized carbons (Fsp3) is 0.462. The monoisotopic (exact) mass is 313 g/mol. The average molecular weight is 315 g/mol. The molecule has 4 heteroatoms. The number of halogens is 2. The number of hydrogen-bond donors (Lipinski definition) is 0. The maximum absolute atomic E-state index is 8.74. The van der Waals surface area contributed by atoms with E-state index in [4.69, 9.17) is 21.6 Å². The van der Waals surface area contributed by atoms with Gasteiger partial charge in [0.15, 0.2) is 0 Å². The van der Waals surface area contributed by atoms with Crippen LogP contribution < -0.4 is 4.74 Å². The zero-order chi connectivity index (χ0) is 12.3. The van der Waals surface area contributed by atoms with Crippen LogP contribution in [0.15, 0.2) is 22.7 Å². The molecule has 1 aromatic carbocycles. The minimum Gasteiger partial charge on any atom is -0.493 e. The molecule has 0 unspecified atom stereocenters. The number of alkyl halides is 1. The Morgan fingerprint density at radius 1 is 1.47 bits per heavy atom. The third-order valence-corrected chi connectivity index (χ3v) is 3.89. The van der Waals surface area contributed by atoms with Gasteiger partial charge >= 0.3 is 0 Å². The summed E-state index contributed by atoms with van der Waals surface area (Å²) < 4.78 is 6.81. The van der Waals surface area contributed by atoms with Crippen LogP contribution in [0.1, 0.15) is 24.8 Å². The van der Waals surface area contributed by atoms with Crippen LogP contribution in [-0.4, -0.2) is 6.61 Å². The summed E-state index contributed by atoms with van der Waals surface area (Å²) in [6, 6.07) is 8.06. The van der Waals surface area contributed by atoms with Crippen LogP contribution in [-0.2, 0) is 5.88 Å². The van der Waals surface area contributed by atoms with E-state index in [9.17, 15) is 0 Å². The van der Waals surface area contributed by atoms with Crippen molar-refractivity contribution < 1.29 is 4.74 Å². The summed E-state index contributed by atoms with van der Waals surface area (Å²) in [4.78, 5) is 0. The molecule has 0 N–H and O–H groups in total. The minimum absolute atomic E-state index is 0.103. The van der Waals surface area contributed by atoms with E-state index in [2.05, 4.69) is 22.0 Å². The second-order valence-electron chi connectivity index (χ2n) is 4.51. The molecule has 0 atom stereocenters. The molecule has 0 bridgehead atoms. The normalized spacial score (nSPS) is 16.3. The van der Waals surface area contributed by atoms with Crippen LogP contribution in [0.2, 0.25) is 0 Å². The first kappa shape index (κ1) is 12.7. The lowest BCUT2D eigenvalue weighted by Gasteiger charge is -2.15. The first-order chi connectivity index (χ1) is 8.19. The Hall–Kier alpha value is -0.720. The molecule has 1 aliphatic carbocycles. The van der Waals surface area contributed by atoms with Crippen LogP contribution in [0.3, 0.4) is 0 Å². The van der Waals surface area contributed by atoms with Gasteiger partial charge < -0.3 is 4.74 Å². The van der Waals surface area contributed by atoms with Crippen molar-refractivity contribution in [1.82, 2.24) is 0 Å². The van der Waals surface area contributed by atoms with Gasteiger partial charge in [-0.25, -0.2) is 0 Å². The fourth-order valence-electron chi connectivity index (χ4n) is 1.74. The number of rotatable bonds is 5. The summed E-state index contributed by atoms with van der Waals surface area (Å²) in [6.45, 7) is 0.617. The van der Waals surface area contributed by atoms with Gasteiger partial charge in [-0.05, 0) is 31.0 Å². The lowest BCUT2D eigenvalue weighted by Crippen LogP contribution is -2.13. The SMILES string of the molecule is N#CCC1(COc2ccc(Br)cc2CCl)CC1. The molecular formula is C13H13BrClNO. The highest BCUT2D eigenvalue weighted by Crippen LogP contribution is 2.48. The van der Waals surface area contributed by atoms with E-state index in [-0.39, 0.29) is 5.41 Å². The van der Waals surface area contributed by atoms with E-state index in [1.807, 2.05) is 18.2 Å². The van der Waals surface area contributed by atoms with Gasteiger partial charge in [0.2, 0.25) is 0 Å². The Labute approximate surface area is 115 Å². The first-order valence-electron chi connectivity index (χ1n) is 5.53. The molecule has 0 aliphatic heterocycles. The molecule has 0 radical (unpaired) electrons. The molecule has 1 fully saturated rings. The summed E-state index contributed by atoms with van der Waals surface area (Å²) in [5.74, 6) is 1.26. The number of nitrogens with zero attached hydrogens (tertiary/aromatic N) is 1. The molecule has 0 saturated heterocycles. The van der Waals surface area contributed by atoms with E-state index in [0.29, 0.717) is 18.9 Å². The smallest absolute Gasteiger partial charge is 0.123 e. The van der Waals surface area contributed by atoms with Gasteiger partial charge in [-0.1, -0.05) is 15.9 Å². The summed E-state index contributed by atoms with van der Waals surface area (Å²) in [7, 11) is 0. The Kier molecular flexibility index (Phi) is 3.96. The van der Waals surface area contributed by atoms with E-state index < -0.39 is 0 Å². The summed E-state index contributed by atoms with van der Waals surface area (Å²) in [5, 5.41) is 8.74. The van der Waals surface area contributed by atoms with Crippen molar-refractivity contribution in [3.63, 3.8) is 0 Å². The van der Waals surface area contributed by atoms with Crippen LogP contribution in [0.4, 0.5) is 0 Å². The van der Waals surface area contributed by atoms with E-state index >= 15 is 0 Å². The van der Waals surface area contributed by atoms with Gasteiger partial charge in [0.05, 0.1) is 18.6 Å². The average Bonchev–Trinajstić information content (AvgIpc) is 3.08. The first-order valence-corrected chi connectivity index (χ1v) is 6.86. The van der Waals surface area contributed by atoms with Gasteiger partial charge in [0, 0.05) is 21.9 Å². The minimum atomic E-state index is 0.103. The lowest BCUT2D eigenvalue weighted by molar-refractivity contribution is 0.235. The van der Waals surface area contributed by atoms with Crippen molar-refractivity contribution in [3.05, 3.63) is 28.2 Å². The van der Waals surface area contributed by atoms with Crippen LogP contribution >= 0.6 is 27.5 Å². The van der Waals surface area contributed by atoms with E-state index in [0.717, 1.165) is 28.6 Å². The topological polar surface area (TPSA) is 33.0 Å². The number of hydrogen-bond acceptors (Lipinski definition) is 2. The van der Waals surface area contributed by atoms with Crippen LogP contribution in [0.25, 0.3) is 0 Å². The van der Waals surface area contributed by atoms with Crippen molar-refractivity contribution in [2.75, 3.05) is 6.61 Å². The largest absolute Gasteiger partial charge is 0.493 e. The number of ether oxygens (including phenoxy) is 1. The molecule has 1 aromatic rings. The van der Waals surface area contributed by atoms with Gasteiger partial charge in [-0.3, -0.25) is 0 Å². The second kappa shape index (κ2) is 5.29. The molecule has 0 heterocycles. The van der Waals surface area contributed by atoms with E-state index in [1.165, 1.54) is 0 Å². The Morgan fingerprint density at radius 3 is 2.82 bits per heavy atom. The number of nitriles is 1. The van der Waals surface area contributed by atoms with Gasteiger partial charge in [-0.15, -0.1) is 11.6 Å². The molecular weight excluding hydrogens is 302 g/mol. The summed E-state index contributed by atoms with van der Waals surface area (Å²) in [6.07, 6.45) is 2.76. The third-order valence-electron chi connectivity index (χ3n) is 3.11. The molecule has 1 aliphatic rings. The zero-order valence-corrected chi connectivity index (χ0v) is 11.7. The highest BCUT2D eigenvalue weighted by atomic mass is 79.9. The molecule has 90 valence electrons. The highest BCUT2D eigenvalue weighted by Gasteiger charge is 2.43. The lowest BCUT2D eigenvalue weighted by atomic mass is 10.1. The summed E-state index contributed by atoms with van der Waals surface area (Å²) in [5.41, 5.74) is 1.08. The maximum Gasteiger partial charge on any atom is 0.123 e. The molecule has 2 nitrogen and oxygen atoms in total. The van der Waals surface area contributed by atoms with Crippen molar-refractivity contribution in [1.29, 1.82) is 5.26 Å². The number of benzene rings is 1. The van der Waals surface area contributed by atoms with Crippen molar-refractivity contribution in [2.24, 2.45) is 5.41 Å². The Balaban J connectivity index is 2.02. The maximum atomic E-state index is 8.74. The fourth-order valence-corrected chi connectivity index (χ4v) is 2.36. The Bertz CT molecular complexity index is 451. The standard InChI is InChI=1S/C13H13BrClNO/c14-11-1-2-12(10(7-11)8-15)17-9-13(3-4-13)5-6-16/h1-2,7H,3-5,8-9H2. The predicted octanol–water partition coefficient (Wildman–Crippen LogP) is 4.26. The summed E-state index contributed by atoms with van der Waals surface area (Å²) >= 11 is 9.29. The molecule has 1 saturated carbocycles. The van der Waals surface area contributed by atoms with E-state index in [1.54, 1.807) is 0 Å². The zero-order valence-electron chi connectivity index (χ0n) is 9.38. The molecule has 0 aromatic heterocycles. The van der Waals surface area contributed by atoms with Crippen LogP contribution in [0, 0.1) is 16.7 Å². The molecule has 17 heavy (non-hydrogen) atoms. The Morgan fingerprint density at radius 2 is 2.24 bits per heavy atom. The van der Waals surface area contributed by atoms with Gasteiger partial charge in [-0.2, -0.15) is 5.26 Å². The molecule has 2 rings (SSSR count). The van der Waals surface area contributed by atoms with Gasteiger partial charge in [0.1, 0.15) is 5.75 Å². The second-order valence-corrected chi connectivity index (χ2v) is 5.69. The van der Waals surface area contributed by atoms with Crippen molar-refractivity contribution in [3.8, 4) is 11.8 Å². The predicted molar refractivity (Wildman–Crippen MR) is 71.1 cm³/mol. The highest BCUT2D eigenvalue weighted by molar-refractivity contribution is 9.10.